The topological polar surface area (TPSA) is 58.6 Å². The standard InChI is InChI=1S/C14H19ClN2O3/c1-9(2)12(14(19)17(3)20-4)16-13(18)10-5-7-11(15)8-6-10/h5-9,12H,1-4H3,(H,16,18)/t12-/m0/s1. The SMILES string of the molecule is CON(C)C(=O)[C@@H](NC(=O)c1ccc(Cl)cc1)C(C)C. The van der Waals surface area contributed by atoms with Gasteiger partial charge in [-0.2, -0.15) is 0 Å². The van der Waals surface area contributed by atoms with Crippen molar-refractivity contribution in [2.45, 2.75) is 19.9 Å². The summed E-state index contributed by atoms with van der Waals surface area (Å²) >= 11 is 5.77. The number of hydrogen-bond acceptors (Lipinski definition) is 3. The molecule has 0 aliphatic rings. The summed E-state index contributed by atoms with van der Waals surface area (Å²) < 4.78 is 0. The number of nitrogens with zero attached hydrogens (tertiary/aromatic N) is 1. The summed E-state index contributed by atoms with van der Waals surface area (Å²) in [6.45, 7) is 3.71. The molecule has 5 nitrogen and oxygen atoms in total. The second-order valence-electron chi connectivity index (χ2n) is 4.72. The quantitative estimate of drug-likeness (QED) is 0.847. The number of nitrogens with one attached hydrogen (secondary N) is 1. The van der Waals surface area contributed by atoms with Crippen LogP contribution >= 0.6 is 11.6 Å². The van der Waals surface area contributed by atoms with Crippen molar-refractivity contribution in [3.63, 3.8) is 0 Å². The van der Waals surface area contributed by atoms with Crippen molar-refractivity contribution in [3.8, 4) is 0 Å². The second kappa shape index (κ2) is 7.26. The van der Waals surface area contributed by atoms with Gasteiger partial charge >= 0.3 is 0 Å². The highest BCUT2D eigenvalue weighted by Crippen LogP contribution is 2.11. The van der Waals surface area contributed by atoms with Crippen LogP contribution < -0.4 is 5.32 Å². The fourth-order valence-corrected chi connectivity index (χ4v) is 1.75. The lowest BCUT2D eigenvalue weighted by Gasteiger charge is -2.25. The third-order valence-corrected chi connectivity index (χ3v) is 3.16. The molecule has 6 heteroatoms. The first kappa shape index (κ1) is 16.5. The molecule has 0 fully saturated rings. The van der Waals surface area contributed by atoms with Gasteiger partial charge < -0.3 is 5.32 Å². The summed E-state index contributed by atoms with van der Waals surface area (Å²) in [5.41, 5.74) is 0.452. The maximum Gasteiger partial charge on any atom is 0.268 e. The predicted molar refractivity (Wildman–Crippen MR) is 77.3 cm³/mol. The van der Waals surface area contributed by atoms with E-state index in [1.807, 2.05) is 13.8 Å². The Kier molecular flexibility index (Phi) is 5.98. The van der Waals surface area contributed by atoms with Crippen molar-refractivity contribution in [3.05, 3.63) is 34.9 Å². The van der Waals surface area contributed by atoms with Crippen LogP contribution in [0.4, 0.5) is 0 Å². The Bertz CT molecular complexity index is 474. The summed E-state index contributed by atoms with van der Waals surface area (Å²) in [5.74, 6) is -0.681. The van der Waals surface area contributed by atoms with E-state index in [1.165, 1.54) is 14.2 Å². The molecule has 0 saturated heterocycles. The zero-order valence-electron chi connectivity index (χ0n) is 12.0. The van der Waals surface area contributed by atoms with Crippen LogP contribution in [0.15, 0.2) is 24.3 Å². The van der Waals surface area contributed by atoms with Gasteiger partial charge in [-0.15, -0.1) is 0 Å². The Balaban J connectivity index is 2.83. The number of hydroxylamine groups is 2. The summed E-state index contributed by atoms with van der Waals surface area (Å²) in [5, 5.41) is 4.37. The summed E-state index contributed by atoms with van der Waals surface area (Å²) in [7, 11) is 2.91. The average molecular weight is 299 g/mol. The molecule has 0 aliphatic heterocycles. The zero-order valence-corrected chi connectivity index (χ0v) is 12.8. The molecule has 110 valence electrons. The Hall–Kier alpha value is -1.59. The van der Waals surface area contributed by atoms with Gasteiger partial charge in [0.1, 0.15) is 6.04 Å². The third-order valence-electron chi connectivity index (χ3n) is 2.91. The van der Waals surface area contributed by atoms with Gasteiger partial charge in [-0.1, -0.05) is 25.4 Å². The Morgan fingerprint density at radius 3 is 2.25 bits per heavy atom. The van der Waals surface area contributed by atoms with Gasteiger partial charge in [-0.25, -0.2) is 5.06 Å². The first-order valence-corrected chi connectivity index (χ1v) is 6.62. The normalized spacial score (nSPS) is 12.1. The fourth-order valence-electron chi connectivity index (χ4n) is 1.63. The molecule has 2 amide bonds. The van der Waals surface area contributed by atoms with Crippen LogP contribution in [0, 0.1) is 5.92 Å². The molecule has 1 N–H and O–H groups in total. The fraction of sp³-hybridized carbons (Fsp3) is 0.429. The minimum Gasteiger partial charge on any atom is -0.340 e. The third kappa shape index (κ3) is 4.21. The molecule has 0 saturated carbocycles. The largest absolute Gasteiger partial charge is 0.340 e. The Labute approximate surface area is 123 Å². The number of benzene rings is 1. The van der Waals surface area contributed by atoms with Gasteiger partial charge in [0.15, 0.2) is 0 Å². The Morgan fingerprint density at radius 1 is 1.25 bits per heavy atom. The lowest BCUT2D eigenvalue weighted by molar-refractivity contribution is -0.171. The number of carbonyl (C=O) groups excluding carboxylic acids is 2. The van der Waals surface area contributed by atoms with E-state index >= 15 is 0 Å². The highest BCUT2D eigenvalue weighted by atomic mass is 35.5. The summed E-state index contributed by atoms with van der Waals surface area (Å²) in [6, 6.07) is 5.83. The highest BCUT2D eigenvalue weighted by molar-refractivity contribution is 6.30. The van der Waals surface area contributed by atoms with Gasteiger partial charge in [0.2, 0.25) is 0 Å². The molecule has 0 heterocycles. The van der Waals surface area contributed by atoms with Crippen LogP contribution in [-0.2, 0) is 9.63 Å². The van der Waals surface area contributed by atoms with Crippen molar-refractivity contribution in [1.82, 2.24) is 10.4 Å². The van der Waals surface area contributed by atoms with Crippen LogP contribution in [0.5, 0.6) is 0 Å². The first-order chi connectivity index (χ1) is 9.36. The van der Waals surface area contributed by atoms with E-state index < -0.39 is 6.04 Å². The maximum atomic E-state index is 12.1. The summed E-state index contributed by atoms with van der Waals surface area (Å²) in [4.78, 5) is 29.1. The van der Waals surface area contributed by atoms with Gasteiger partial charge in [0.25, 0.3) is 11.8 Å². The van der Waals surface area contributed by atoms with E-state index in [0.29, 0.717) is 10.6 Å². The molecule has 0 unspecified atom stereocenters. The first-order valence-electron chi connectivity index (χ1n) is 6.25. The number of rotatable bonds is 5. The van der Waals surface area contributed by atoms with Crippen molar-refractivity contribution < 1.29 is 14.4 Å². The van der Waals surface area contributed by atoms with Crippen LogP contribution in [0.25, 0.3) is 0 Å². The summed E-state index contributed by atoms with van der Waals surface area (Å²) in [6.07, 6.45) is 0. The molecule has 1 aromatic rings. The van der Waals surface area contributed by atoms with E-state index in [9.17, 15) is 9.59 Å². The van der Waals surface area contributed by atoms with Gasteiger partial charge in [-0.05, 0) is 30.2 Å². The monoisotopic (exact) mass is 298 g/mol. The van der Waals surface area contributed by atoms with E-state index in [-0.39, 0.29) is 17.7 Å². The van der Waals surface area contributed by atoms with Crippen molar-refractivity contribution in [1.29, 1.82) is 0 Å². The molecule has 1 aromatic carbocycles. The number of amides is 2. The molecule has 1 rings (SSSR count). The van der Waals surface area contributed by atoms with Crippen LogP contribution in [0.3, 0.4) is 0 Å². The molecule has 0 aromatic heterocycles. The smallest absolute Gasteiger partial charge is 0.268 e. The van der Waals surface area contributed by atoms with Crippen LogP contribution in [-0.4, -0.2) is 37.1 Å². The average Bonchev–Trinajstić information content (AvgIpc) is 2.43. The van der Waals surface area contributed by atoms with Gasteiger partial charge in [0, 0.05) is 17.6 Å². The number of likely N-dealkylation sites (N-methyl/N-ethyl adjacent to an activating group) is 1. The molecule has 0 aliphatic carbocycles. The molecule has 0 spiro atoms. The van der Waals surface area contributed by atoms with Crippen molar-refractivity contribution in [2.24, 2.45) is 5.92 Å². The molecule has 0 bridgehead atoms. The molecule has 1 atom stereocenters. The number of halogens is 1. The van der Waals surface area contributed by atoms with E-state index in [1.54, 1.807) is 24.3 Å². The Morgan fingerprint density at radius 2 is 1.80 bits per heavy atom. The van der Waals surface area contributed by atoms with E-state index in [2.05, 4.69) is 5.32 Å². The second-order valence-corrected chi connectivity index (χ2v) is 5.16. The molecular weight excluding hydrogens is 280 g/mol. The molecule has 20 heavy (non-hydrogen) atoms. The number of hydrogen-bond donors (Lipinski definition) is 1. The van der Waals surface area contributed by atoms with Crippen molar-refractivity contribution in [2.75, 3.05) is 14.2 Å². The zero-order chi connectivity index (χ0) is 15.3. The minimum absolute atomic E-state index is 0.0589. The van der Waals surface area contributed by atoms with Gasteiger partial charge in [-0.3, -0.25) is 14.4 Å². The molecule has 0 radical (unpaired) electrons. The molecular formula is C14H19ClN2O3. The van der Waals surface area contributed by atoms with E-state index in [0.717, 1.165) is 5.06 Å². The predicted octanol–water partition coefficient (Wildman–Crippen LogP) is 2.11. The minimum atomic E-state index is -0.650. The maximum absolute atomic E-state index is 12.1. The van der Waals surface area contributed by atoms with Crippen molar-refractivity contribution >= 4 is 23.4 Å². The lowest BCUT2D eigenvalue weighted by Crippen LogP contribution is -2.49. The number of carbonyl (C=O) groups is 2. The van der Waals surface area contributed by atoms with Gasteiger partial charge in [0.05, 0.1) is 7.11 Å². The van der Waals surface area contributed by atoms with Crippen LogP contribution in [0.2, 0.25) is 5.02 Å². The van der Waals surface area contributed by atoms with E-state index in [4.69, 9.17) is 16.4 Å². The lowest BCUT2D eigenvalue weighted by atomic mass is 10.0. The van der Waals surface area contributed by atoms with Crippen LogP contribution in [0.1, 0.15) is 24.2 Å². The highest BCUT2D eigenvalue weighted by Gasteiger charge is 2.27.